The molecule has 0 N–H and O–H groups in total. The Kier molecular flexibility index (Phi) is 21.8. The summed E-state index contributed by atoms with van der Waals surface area (Å²) in [4.78, 5) is 0. The van der Waals surface area contributed by atoms with Crippen molar-refractivity contribution in [3.8, 4) is 0 Å². The third-order valence-corrected chi connectivity index (χ3v) is 13.2. The molecule has 0 aliphatic carbocycles. The van der Waals surface area contributed by atoms with Gasteiger partial charge in [0.05, 0.1) is 0 Å². The molecule has 0 fully saturated rings. The number of aromatic nitrogens is 1. The van der Waals surface area contributed by atoms with Crippen LogP contribution in [0.3, 0.4) is 0 Å². The van der Waals surface area contributed by atoms with E-state index in [1.165, 1.54) is 120 Å². The maximum Gasteiger partial charge on any atom is 0.200 e. The smallest absolute Gasteiger partial charge is 0.200 e. The Bertz CT molecular complexity index is 2570. The molecule has 412 valence electrons. The molecule has 0 atom stereocenters. The molecule has 0 amide bonds. The second-order valence-electron chi connectivity index (χ2n) is 18.2. The van der Waals surface area contributed by atoms with Crippen molar-refractivity contribution in [3.63, 3.8) is 0 Å². The van der Waals surface area contributed by atoms with Crippen molar-refractivity contribution in [2.24, 2.45) is 0 Å². The van der Waals surface area contributed by atoms with Crippen LogP contribution < -0.4 is 26.4 Å². The van der Waals surface area contributed by atoms with Gasteiger partial charge in [-0.25, -0.2) is 92.4 Å². The van der Waals surface area contributed by atoms with Crippen molar-refractivity contribution in [1.29, 1.82) is 0 Å². The summed E-state index contributed by atoms with van der Waals surface area (Å²) < 4.78 is 296. The van der Waals surface area contributed by atoms with Crippen molar-refractivity contribution in [2.75, 3.05) is 0 Å². The Balaban J connectivity index is 0.000000301. The van der Waals surface area contributed by atoms with Crippen molar-refractivity contribution in [3.05, 3.63) is 182 Å². The minimum absolute atomic E-state index is 0.958. The molecule has 0 aliphatic rings. The third kappa shape index (κ3) is 12.8. The highest BCUT2D eigenvalue weighted by Gasteiger charge is 2.52. The van der Waals surface area contributed by atoms with Crippen molar-refractivity contribution in [1.82, 2.24) is 0 Å². The van der Waals surface area contributed by atoms with E-state index >= 15 is 35.1 Å². The normalized spacial score (nSPS) is 11.6. The Morgan fingerprint density at radius 3 is 0.776 bits per heavy atom. The lowest BCUT2D eigenvalue weighted by atomic mass is 9.12. The molecule has 1 nitrogen and oxygen atoms in total. The molecule has 1 aromatic heterocycles. The summed E-state index contributed by atoms with van der Waals surface area (Å²) in [5.41, 5.74) is -11.5. The van der Waals surface area contributed by atoms with Gasteiger partial charge in [-0.15, -0.1) is 21.9 Å². The monoisotopic (exact) mass is 1100 g/mol. The maximum atomic E-state index is 15.4. The van der Waals surface area contributed by atoms with Crippen LogP contribution in [-0.2, 0) is 13.0 Å². The Hall–Kier alpha value is -6.09. The van der Waals surface area contributed by atoms with Gasteiger partial charge in [-0.2, -0.15) is 0 Å². The van der Waals surface area contributed by atoms with Crippen LogP contribution in [0, 0.1) is 116 Å². The molecule has 0 spiro atoms. The number of unbranched alkanes of at least 4 members (excludes halogenated alkanes) is 15. The first-order valence-corrected chi connectivity index (χ1v) is 24.3. The first-order chi connectivity index (χ1) is 36.1. The lowest BCUT2D eigenvalue weighted by Crippen LogP contribution is -2.81. The maximum absolute atomic E-state index is 15.4. The Morgan fingerprint density at radius 1 is 0.276 bits per heavy atom. The number of pyridine rings is 1. The van der Waals surface area contributed by atoms with Crippen LogP contribution >= 0.6 is 0 Å². The van der Waals surface area contributed by atoms with Gasteiger partial charge in [0, 0.05) is 17.7 Å². The van der Waals surface area contributed by atoms with Crippen LogP contribution in [0.2, 0.25) is 0 Å². The van der Waals surface area contributed by atoms with Gasteiger partial charge in [-0.3, -0.25) is 0 Å². The molecule has 0 aliphatic heterocycles. The highest BCUT2D eigenvalue weighted by atomic mass is 19.2. The molecule has 6 rings (SSSR count). The molecule has 1 heterocycles. The summed E-state index contributed by atoms with van der Waals surface area (Å²) in [5, 5.41) is 0. The fraction of sp³-hybridized carbons (Fsp3) is 0.352. The van der Waals surface area contributed by atoms with Gasteiger partial charge in [0.1, 0.15) is 52.7 Å². The van der Waals surface area contributed by atoms with Crippen LogP contribution in [0.25, 0.3) is 0 Å². The van der Waals surface area contributed by atoms with Crippen LogP contribution in [0.4, 0.5) is 87.8 Å². The van der Waals surface area contributed by atoms with Crippen LogP contribution in [-0.4, -0.2) is 6.15 Å². The van der Waals surface area contributed by atoms with E-state index in [1.807, 2.05) is 0 Å². The van der Waals surface area contributed by atoms with Gasteiger partial charge in [0.2, 0.25) is 0 Å². The molecule has 0 bridgehead atoms. The molecule has 0 unspecified atom stereocenters. The zero-order valence-corrected chi connectivity index (χ0v) is 40.5. The highest BCUT2D eigenvalue weighted by Crippen LogP contribution is 2.31. The van der Waals surface area contributed by atoms with Crippen molar-refractivity contribution < 1.29 is 92.4 Å². The third-order valence-electron chi connectivity index (χ3n) is 13.2. The average molecular weight is 1100 g/mol. The van der Waals surface area contributed by atoms with Crippen LogP contribution in [0.5, 0.6) is 0 Å². The second-order valence-corrected chi connectivity index (χ2v) is 18.2. The van der Waals surface area contributed by atoms with Crippen molar-refractivity contribution >= 4 is 28.0 Å². The van der Waals surface area contributed by atoms with Crippen LogP contribution in [0.15, 0.2) is 54.9 Å². The number of hydrogen-bond acceptors (Lipinski definition) is 0. The van der Waals surface area contributed by atoms with Crippen LogP contribution in [0.1, 0.15) is 121 Å². The fourth-order valence-electron chi connectivity index (χ4n) is 9.31. The zero-order chi connectivity index (χ0) is 56.2. The standard InChI is InChI=1S/C30H48N.C24BF20/c1-2-3-4-5-6-7-8-9-10-11-12-13-14-15-16-18-21-29-24-26-31(27-25-29)28-30-22-19-17-20-23-30;26-5-1(6(27)14(35)21(42)13(5)34)25(2-7(28)15(36)22(43)16(37)8(2)29,3-9(30)17(38)23(44)18(39)10(3)31)4-11(32)19(40)24(45)20(41)12(4)33/h17,19-20,22-27H,2-16,18,21,28H2,1H3;/q+1;-1. The number of hydrogen-bond donors (Lipinski definition) is 0. The Morgan fingerprint density at radius 2 is 0.513 bits per heavy atom. The lowest BCUT2D eigenvalue weighted by Gasteiger charge is -2.44. The first-order valence-electron chi connectivity index (χ1n) is 24.3. The number of nitrogens with zero attached hydrogens (tertiary/aromatic N) is 1. The first kappa shape index (κ1) is 60.8. The Labute approximate surface area is 424 Å². The predicted octanol–water partition coefficient (Wildman–Crippen LogP) is 14.7. The SMILES string of the molecule is CCCCCCCCCCCCCCCCCCc1cc[n+](Cc2ccccc2)cc1.Fc1c(F)c(F)c([B-](c2c(F)c(F)c(F)c(F)c2F)(c2c(F)c(F)c(F)c(F)c2F)c2c(F)c(F)c(F)c(F)c2F)c(F)c1F. The quantitative estimate of drug-likeness (QED) is 0.0150. The molecule has 0 saturated carbocycles. The molecule has 0 radical (unpaired) electrons. The van der Waals surface area contributed by atoms with Gasteiger partial charge in [-0.05, 0) is 18.4 Å². The van der Waals surface area contributed by atoms with E-state index in [2.05, 4.69) is 66.3 Å². The van der Waals surface area contributed by atoms with Gasteiger partial charge >= 0.3 is 0 Å². The van der Waals surface area contributed by atoms with E-state index in [-0.39, 0.29) is 0 Å². The van der Waals surface area contributed by atoms with E-state index in [0.29, 0.717) is 0 Å². The summed E-state index contributed by atoms with van der Waals surface area (Å²) >= 11 is 0. The molecule has 6 aromatic rings. The number of benzene rings is 5. The minimum atomic E-state index is -7.22. The van der Waals surface area contributed by atoms with Gasteiger partial charge < -0.3 is 0 Å². The average Bonchev–Trinajstić information content (AvgIpc) is 3.41. The summed E-state index contributed by atoms with van der Waals surface area (Å²) in [5.74, 6) is -71.4. The molecule has 76 heavy (non-hydrogen) atoms. The van der Waals surface area contributed by atoms with E-state index < -0.39 is 144 Å². The fourth-order valence-corrected chi connectivity index (χ4v) is 9.31. The van der Waals surface area contributed by atoms with Gasteiger partial charge in [0.15, 0.2) is 88.7 Å². The number of rotatable bonds is 23. The number of halogens is 20. The molecular formula is C54H48BF20N. The predicted molar refractivity (Wildman–Crippen MR) is 245 cm³/mol. The van der Waals surface area contributed by atoms with E-state index in [1.54, 1.807) is 0 Å². The second kappa shape index (κ2) is 27.3. The van der Waals surface area contributed by atoms with Gasteiger partial charge in [0.25, 0.3) is 0 Å². The topological polar surface area (TPSA) is 3.88 Å². The molecular weight excluding hydrogens is 1050 g/mol. The van der Waals surface area contributed by atoms with E-state index in [0.717, 1.165) is 6.54 Å². The number of aryl methyl sites for hydroxylation is 1. The summed E-state index contributed by atoms with van der Waals surface area (Å²) in [6.07, 6.45) is 21.5. The summed E-state index contributed by atoms with van der Waals surface area (Å²) in [6, 6.07) is 15.3. The zero-order valence-electron chi connectivity index (χ0n) is 40.5. The molecule has 5 aromatic carbocycles. The van der Waals surface area contributed by atoms with Gasteiger partial charge in [-0.1, -0.05) is 134 Å². The summed E-state index contributed by atoms with van der Waals surface area (Å²) in [6.45, 7) is 3.26. The van der Waals surface area contributed by atoms with Crippen molar-refractivity contribution in [2.45, 2.75) is 123 Å². The minimum Gasteiger partial charge on any atom is -0.207 e. The summed E-state index contributed by atoms with van der Waals surface area (Å²) in [7, 11) is 0. The van der Waals surface area contributed by atoms with E-state index in [4.69, 9.17) is 0 Å². The largest absolute Gasteiger partial charge is 0.207 e. The molecule has 22 heteroatoms. The molecule has 0 saturated heterocycles. The highest BCUT2D eigenvalue weighted by molar-refractivity contribution is 7.20. The van der Waals surface area contributed by atoms with E-state index in [9.17, 15) is 52.7 Å². The lowest BCUT2D eigenvalue weighted by molar-refractivity contribution is -0.688.